The maximum Gasteiger partial charge on any atom is 1.00 e. The molecular weight excluding hydrogens is 819 g/mol. The third-order valence-corrected chi connectivity index (χ3v) is 17.4. The topological polar surface area (TPSA) is 260 Å². The van der Waals surface area contributed by atoms with Crippen LogP contribution >= 0.6 is 0 Å². The molecule has 0 amide bonds. The molecule has 4 aliphatic heterocycles. The van der Waals surface area contributed by atoms with Crippen molar-refractivity contribution in [1.82, 2.24) is 0 Å². The van der Waals surface area contributed by atoms with Gasteiger partial charge in [-0.1, -0.05) is 39.3 Å². The Kier molecular flexibility index (Phi) is 12.2. The van der Waals surface area contributed by atoms with Crippen LogP contribution in [0.25, 0.3) is 0 Å². The molecule has 8 aliphatic rings. The molecule has 17 nitrogen and oxygen atoms in total. The minimum Gasteiger partial charge on any atom is -0.726 e. The summed E-state index contributed by atoms with van der Waals surface area (Å²) in [5, 5.41) is 68.1. The SMILES string of the molecule is C[C@H]1O[C@@H](O[C@H]2[C@H](O[C@H]3CC[C@]4(C)C5=C[C@@H](O)[C@]67C(=O)O[C@@](C)([C@@H]8CCC(C)(C)O8)[C@@]6(O)CC[C@@]7(C)[C@@H]5CC[C@H]4C3(C)C)OC[C@@H](OS(=O)(=O)[O-])[C@@H]2O)[C@H](O)[C@@H](O)[C@@H]1O.[Na+]. The molecule has 6 N–H and O–H groups in total. The Bertz CT molecular complexity index is 1830. The second-order valence-electron chi connectivity index (χ2n) is 20.7. The van der Waals surface area contributed by atoms with Crippen molar-refractivity contribution in [3.63, 3.8) is 0 Å². The van der Waals surface area contributed by atoms with Crippen molar-refractivity contribution < 1.29 is 111 Å². The zero-order chi connectivity index (χ0) is 43.3. The van der Waals surface area contributed by atoms with Gasteiger partial charge in [-0.3, -0.25) is 8.98 Å². The molecule has 7 fully saturated rings. The summed E-state index contributed by atoms with van der Waals surface area (Å²) in [6.07, 6.45) is -10.0. The number of aliphatic hydroxyl groups is 6. The number of allylic oxidation sites excluding steroid dienone is 1. The molecule has 8 rings (SSSR count). The number of fused-ring (bicyclic) bond motifs is 4. The van der Waals surface area contributed by atoms with Crippen molar-refractivity contribution in [1.29, 1.82) is 0 Å². The molecule has 0 bridgehead atoms. The summed E-state index contributed by atoms with van der Waals surface area (Å²) in [7, 11) is -5.29. The summed E-state index contributed by atoms with van der Waals surface area (Å²) in [5.41, 5.74) is -5.93. The van der Waals surface area contributed by atoms with Crippen LogP contribution in [0.4, 0.5) is 0 Å². The number of esters is 1. The molecule has 19 atom stereocenters. The minimum absolute atomic E-state index is 0. The van der Waals surface area contributed by atoms with Gasteiger partial charge in [0.15, 0.2) is 18.2 Å². The molecule has 4 aliphatic carbocycles. The minimum atomic E-state index is -5.29. The Morgan fingerprint density at radius 2 is 1.52 bits per heavy atom. The molecule has 1 spiro atoms. The monoisotopic (exact) mass is 882 g/mol. The summed E-state index contributed by atoms with van der Waals surface area (Å²) in [5.74, 6) is -0.763. The number of rotatable bonds is 7. The quantitative estimate of drug-likeness (QED) is 0.0407. The third-order valence-electron chi connectivity index (χ3n) is 16.9. The first kappa shape index (κ1) is 47.6. The van der Waals surface area contributed by atoms with E-state index >= 15 is 0 Å². The average Bonchev–Trinajstić information content (AvgIpc) is 3.70. The Morgan fingerprint density at radius 3 is 2.15 bits per heavy atom. The number of hydrogen-bond acceptors (Lipinski definition) is 17. The van der Waals surface area contributed by atoms with Crippen molar-refractivity contribution in [3.8, 4) is 0 Å². The summed E-state index contributed by atoms with van der Waals surface area (Å²) >= 11 is 0. The molecule has 3 saturated carbocycles. The second kappa shape index (κ2) is 15.4. The zero-order valence-corrected chi connectivity index (χ0v) is 38.9. The molecule has 4 saturated heterocycles. The fourth-order valence-electron chi connectivity index (χ4n) is 13.7. The van der Waals surface area contributed by atoms with Crippen LogP contribution in [0.2, 0.25) is 0 Å². The van der Waals surface area contributed by atoms with Crippen molar-refractivity contribution in [2.24, 2.45) is 33.5 Å². The maximum absolute atomic E-state index is 14.5. The van der Waals surface area contributed by atoms with Crippen LogP contribution in [0.5, 0.6) is 0 Å². The van der Waals surface area contributed by atoms with E-state index in [1.165, 1.54) is 6.92 Å². The second-order valence-corrected chi connectivity index (χ2v) is 21.7. The van der Waals surface area contributed by atoms with E-state index in [1.54, 1.807) is 6.92 Å². The van der Waals surface area contributed by atoms with Crippen LogP contribution in [0.15, 0.2) is 11.6 Å². The van der Waals surface area contributed by atoms with Crippen molar-refractivity contribution in [2.45, 2.75) is 197 Å². The summed E-state index contributed by atoms with van der Waals surface area (Å²) in [6.45, 7) is 15.0. The van der Waals surface area contributed by atoms with E-state index in [2.05, 4.69) is 25.0 Å². The predicted molar refractivity (Wildman–Crippen MR) is 201 cm³/mol. The summed E-state index contributed by atoms with van der Waals surface area (Å²) in [4.78, 5) is 14.5. The van der Waals surface area contributed by atoms with E-state index in [1.807, 2.05) is 26.8 Å². The van der Waals surface area contributed by atoms with Gasteiger partial charge in [0.2, 0.25) is 10.4 Å². The molecule has 0 aromatic heterocycles. The summed E-state index contributed by atoms with van der Waals surface area (Å²) < 4.78 is 76.1. The van der Waals surface area contributed by atoms with Gasteiger partial charge in [-0.15, -0.1) is 0 Å². The normalized spacial score (nSPS) is 53.2. The van der Waals surface area contributed by atoms with Crippen LogP contribution in [0.1, 0.15) is 107 Å². The first-order chi connectivity index (χ1) is 27.2. The fourth-order valence-corrected chi connectivity index (χ4v) is 14.2. The van der Waals surface area contributed by atoms with Gasteiger partial charge >= 0.3 is 35.5 Å². The molecule has 0 aromatic rings. The predicted octanol–water partition coefficient (Wildman–Crippen LogP) is -1.90. The Labute approximate surface area is 374 Å². The fraction of sp³-hybridized carbons (Fsp3) is 0.927. The number of carbonyl (C=O) groups is 1. The number of ether oxygens (including phenoxy) is 6. The molecule has 336 valence electrons. The van der Waals surface area contributed by atoms with E-state index < -0.39 is 135 Å². The van der Waals surface area contributed by atoms with Gasteiger partial charge in [0.05, 0.1) is 30.5 Å². The molecule has 60 heavy (non-hydrogen) atoms. The van der Waals surface area contributed by atoms with Gasteiger partial charge < -0.3 is 63.6 Å². The Morgan fingerprint density at radius 1 is 0.833 bits per heavy atom. The average molecular weight is 883 g/mol. The van der Waals surface area contributed by atoms with Gasteiger partial charge in [-0.2, -0.15) is 0 Å². The zero-order valence-electron chi connectivity index (χ0n) is 36.1. The number of aliphatic hydroxyl groups excluding tert-OH is 5. The third kappa shape index (κ3) is 6.66. The van der Waals surface area contributed by atoms with E-state index in [0.717, 1.165) is 12.0 Å². The standard InChI is InChI=1S/C41H64O17S.Na/c1-19-27(43)29(45)30(46)32(53-19)55-31-28(44)22(58-59(49,50)51)18-52-33(31)54-25-12-14-37(6)21-17-24(42)41-34(47)57-39(8,26-11-13-35(2,3)56-26)40(41,48)16-15-38(41,7)20(21)9-10-23(37)36(25,4)5;/h17,19-20,22-33,42-46,48H,9-16,18H2,1-8H3,(H,49,50,51);/q;+1/p-1/t19-,20-,22-,23+,24-,25+,26+,27-,28+,29+,30-,31-,32+,33+,37-,38+,39+,40+,41-;/m1./s1. The summed E-state index contributed by atoms with van der Waals surface area (Å²) in [6, 6.07) is 0. The van der Waals surface area contributed by atoms with E-state index in [9.17, 15) is 48.4 Å². The van der Waals surface area contributed by atoms with Crippen LogP contribution in [0, 0.1) is 33.5 Å². The van der Waals surface area contributed by atoms with Crippen LogP contribution in [-0.2, 0) is 47.8 Å². The number of hydrogen-bond donors (Lipinski definition) is 6. The number of carbonyl (C=O) groups excluding carboxylic acids is 1. The van der Waals surface area contributed by atoms with Gasteiger partial charge in [0, 0.05) is 0 Å². The smallest absolute Gasteiger partial charge is 0.726 e. The Balaban J connectivity index is 0.00000544. The van der Waals surface area contributed by atoms with Crippen LogP contribution < -0.4 is 29.6 Å². The molecule has 0 unspecified atom stereocenters. The van der Waals surface area contributed by atoms with Crippen LogP contribution in [-0.4, -0.2) is 147 Å². The molecule has 0 radical (unpaired) electrons. The first-order valence-corrected chi connectivity index (χ1v) is 22.5. The van der Waals surface area contributed by atoms with Gasteiger partial charge in [0.1, 0.15) is 53.7 Å². The van der Waals surface area contributed by atoms with Crippen LogP contribution in [0.3, 0.4) is 0 Å². The van der Waals surface area contributed by atoms with Gasteiger partial charge in [-0.05, 0) is 107 Å². The molecular formula is C41H63NaO17S. The maximum atomic E-state index is 14.5. The van der Waals surface area contributed by atoms with E-state index in [-0.39, 0.29) is 47.8 Å². The van der Waals surface area contributed by atoms with Gasteiger partial charge in [-0.25, -0.2) is 8.42 Å². The van der Waals surface area contributed by atoms with Crippen molar-refractivity contribution in [3.05, 3.63) is 11.6 Å². The number of cyclic esters (lactones) is 1. The van der Waals surface area contributed by atoms with Gasteiger partial charge in [0.25, 0.3) is 0 Å². The van der Waals surface area contributed by atoms with Crippen molar-refractivity contribution in [2.75, 3.05) is 6.61 Å². The molecule has 4 heterocycles. The Hall–Kier alpha value is -0.360. The molecule has 19 heteroatoms. The first-order valence-electron chi connectivity index (χ1n) is 21.2. The largest absolute Gasteiger partial charge is 1.00 e. The van der Waals surface area contributed by atoms with E-state index in [4.69, 9.17) is 28.4 Å². The van der Waals surface area contributed by atoms with Crippen molar-refractivity contribution >= 4 is 16.4 Å². The molecule has 0 aromatic carbocycles. The van der Waals surface area contributed by atoms with E-state index in [0.29, 0.717) is 38.5 Å².